The van der Waals surface area contributed by atoms with Gasteiger partial charge in [0.25, 0.3) is 0 Å². The predicted octanol–water partition coefficient (Wildman–Crippen LogP) is 2.44. The van der Waals surface area contributed by atoms with Gasteiger partial charge < -0.3 is 0 Å². The standard InChI is InChI=1S/C6H10S/c1-5(2)6(3)7-4/h1,3H2,2,4H3. The van der Waals surface area contributed by atoms with Crippen LogP contribution in [0.25, 0.3) is 0 Å². The molecular formula is C6H10S. The molecule has 0 radical (unpaired) electrons. The first kappa shape index (κ1) is 6.83. The summed E-state index contributed by atoms with van der Waals surface area (Å²) in [6.45, 7) is 9.40. The van der Waals surface area contributed by atoms with E-state index in [1.165, 1.54) is 0 Å². The number of hydrogen-bond acceptors (Lipinski definition) is 1. The Morgan fingerprint density at radius 2 is 1.86 bits per heavy atom. The molecule has 0 atom stereocenters. The SMILES string of the molecule is C=C(C)C(=C)SC. The van der Waals surface area contributed by atoms with Gasteiger partial charge in [-0.25, -0.2) is 0 Å². The summed E-state index contributed by atoms with van der Waals surface area (Å²) in [5.41, 5.74) is 1.06. The van der Waals surface area contributed by atoms with E-state index in [0.29, 0.717) is 0 Å². The maximum atomic E-state index is 3.74. The second kappa shape index (κ2) is 2.92. The van der Waals surface area contributed by atoms with E-state index in [9.17, 15) is 0 Å². The van der Waals surface area contributed by atoms with E-state index in [1.54, 1.807) is 11.8 Å². The Morgan fingerprint density at radius 1 is 1.43 bits per heavy atom. The van der Waals surface area contributed by atoms with Crippen LogP contribution < -0.4 is 0 Å². The molecule has 0 aromatic carbocycles. The van der Waals surface area contributed by atoms with Crippen LogP contribution in [0.15, 0.2) is 23.6 Å². The number of rotatable bonds is 2. The second-order valence-electron chi connectivity index (χ2n) is 1.41. The van der Waals surface area contributed by atoms with Crippen LogP contribution in [0.5, 0.6) is 0 Å². The van der Waals surface area contributed by atoms with Gasteiger partial charge in [-0.2, -0.15) is 0 Å². The molecule has 0 saturated heterocycles. The largest absolute Gasteiger partial charge is 0.130 e. The van der Waals surface area contributed by atoms with Gasteiger partial charge in [-0.3, -0.25) is 0 Å². The Labute approximate surface area is 49.3 Å². The first-order valence-electron chi connectivity index (χ1n) is 2.07. The molecule has 0 aromatic rings. The third-order valence-electron chi connectivity index (χ3n) is 0.722. The number of thioether (sulfide) groups is 1. The molecule has 0 aliphatic heterocycles. The fourth-order valence-electron chi connectivity index (χ4n) is 0.174. The molecule has 0 N–H and O–H groups in total. The summed E-state index contributed by atoms with van der Waals surface area (Å²) < 4.78 is 0. The van der Waals surface area contributed by atoms with Crippen molar-refractivity contribution in [2.45, 2.75) is 6.92 Å². The Hall–Kier alpha value is -0.170. The molecule has 0 aliphatic rings. The molecule has 0 amide bonds. The van der Waals surface area contributed by atoms with E-state index >= 15 is 0 Å². The van der Waals surface area contributed by atoms with Crippen LogP contribution in [-0.2, 0) is 0 Å². The van der Waals surface area contributed by atoms with Gasteiger partial charge in [-0.15, -0.1) is 11.8 Å². The van der Waals surface area contributed by atoms with Gasteiger partial charge in [0.1, 0.15) is 0 Å². The highest BCUT2D eigenvalue weighted by atomic mass is 32.2. The molecule has 0 aromatic heterocycles. The maximum absolute atomic E-state index is 3.74. The van der Waals surface area contributed by atoms with E-state index in [-0.39, 0.29) is 0 Å². The summed E-state index contributed by atoms with van der Waals surface area (Å²) in [5, 5.41) is 0. The third-order valence-corrected chi connectivity index (χ3v) is 1.56. The normalized spacial score (nSPS) is 8.29. The van der Waals surface area contributed by atoms with Crippen molar-refractivity contribution in [3.63, 3.8) is 0 Å². The molecule has 0 spiro atoms. The second-order valence-corrected chi connectivity index (χ2v) is 2.31. The molecule has 0 bridgehead atoms. The molecule has 7 heavy (non-hydrogen) atoms. The lowest BCUT2D eigenvalue weighted by Crippen LogP contribution is -1.69. The van der Waals surface area contributed by atoms with Crippen molar-refractivity contribution >= 4 is 11.8 Å². The van der Waals surface area contributed by atoms with Gasteiger partial charge in [0.15, 0.2) is 0 Å². The Balaban J connectivity index is 3.58. The first-order chi connectivity index (χ1) is 3.18. The van der Waals surface area contributed by atoms with Crippen LogP contribution in [0.2, 0.25) is 0 Å². The molecule has 0 unspecified atom stereocenters. The first-order valence-corrected chi connectivity index (χ1v) is 3.29. The van der Waals surface area contributed by atoms with Crippen LogP contribution >= 0.6 is 11.8 Å². The van der Waals surface area contributed by atoms with Gasteiger partial charge in [-0.1, -0.05) is 13.2 Å². The Bertz CT molecular complexity index is 92.4. The van der Waals surface area contributed by atoms with E-state index in [1.807, 2.05) is 13.2 Å². The van der Waals surface area contributed by atoms with Crippen molar-refractivity contribution in [3.05, 3.63) is 23.6 Å². The quantitative estimate of drug-likeness (QED) is 0.497. The summed E-state index contributed by atoms with van der Waals surface area (Å²) in [6.07, 6.45) is 2.00. The highest BCUT2D eigenvalue weighted by Crippen LogP contribution is 2.15. The Kier molecular flexibility index (Phi) is 2.84. The van der Waals surface area contributed by atoms with Crippen molar-refractivity contribution < 1.29 is 0 Å². The number of hydrogen-bond donors (Lipinski definition) is 0. The van der Waals surface area contributed by atoms with E-state index in [0.717, 1.165) is 10.5 Å². The molecular weight excluding hydrogens is 104 g/mol. The highest BCUT2D eigenvalue weighted by molar-refractivity contribution is 8.02. The molecule has 1 heteroatoms. The van der Waals surface area contributed by atoms with E-state index in [4.69, 9.17) is 0 Å². The van der Waals surface area contributed by atoms with Crippen molar-refractivity contribution in [2.75, 3.05) is 6.26 Å². The van der Waals surface area contributed by atoms with Crippen molar-refractivity contribution in [1.82, 2.24) is 0 Å². The van der Waals surface area contributed by atoms with Crippen molar-refractivity contribution in [1.29, 1.82) is 0 Å². The topological polar surface area (TPSA) is 0 Å². The lowest BCUT2D eigenvalue weighted by Gasteiger charge is -1.94. The van der Waals surface area contributed by atoms with Crippen LogP contribution in [0.4, 0.5) is 0 Å². The van der Waals surface area contributed by atoms with Gasteiger partial charge in [-0.05, 0) is 18.8 Å². The molecule has 0 saturated carbocycles. The maximum Gasteiger partial charge on any atom is 0.00205 e. The van der Waals surface area contributed by atoms with Crippen LogP contribution in [0, 0.1) is 0 Å². The summed E-state index contributed by atoms with van der Waals surface area (Å²) in [7, 11) is 0. The fraction of sp³-hybridized carbons (Fsp3) is 0.333. The van der Waals surface area contributed by atoms with E-state index in [2.05, 4.69) is 13.2 Å². The summed E-state index contributed by atoms with van der Waals surface area (Å²) in [6, 6.07) is 0. The molecule has 40 valence electrons. The zero-order valence-electron chi connectivity index (χ0n) is 4.82. The predicted molar refractivity (Wildman–Crippen MR) is 37.5 cm³/mol. The minimum Gasteiger partial charge on any atom is -0.130 e. The average molecular weight is 114 g/mol. The summed E-state index contributed by atoms with van der Waals surface area (Å²) in [5.74, 6) is 0. The number of allylic oxidation sites excluding steroid dienone is 1. The van der Waals surface area contributed by atoms with Crippen LogP contribution in [0.3, 0.4) is 0 Å². The van der Waals surface area contributed by atoms with Crippen molar-refractivity contribution in [3.8, 4) is 0 Å². The van der Waals surface area contributed by atoms with Gasteiger partial charge in [0.2, 0.25) is 0 Å². The van der Waals surface area contributed by atoms with Crippen LogP contribution in [-0.4, -0.2) is 6.26 Å². The lowest BCUT2D eigenvalue weighted by atomic mass is 10.3. The van der Waals surface area contributed by atoms with E-state index < -0.39 is 0 Å². The monoisotopic (exact) mass is 114 g/mol. The van der Waals surface area contributed by atoms with Crippen LogP contribution in [0.1, 0.15) is 6.92 Å². The minimum atomic E-state index is 1.06. The molecule has 0 heterocycles. The highest BCUT2D eigenvalue weighted by Gasteiger charge is 1.85. The summed E-state index contributed by atoms with van der Waals surface area (Å²) in [4.78, 5) is 1.07. The average Bonchev–Trinajstić information content (AvgIpc) is 1.65. The smallest absolute Gasteiger partial charge is 0.00205 e. The van der Waals surface area contributed by atoms with Gasteiger partial charge in [0.05, 0.1) is 0 Å². The van der Waals surface area contributed by atoms with Gasteiger partial charge in [0, 0.05) is 4.91 Å². The summed E-state index contributed by atoms with van der Waals surface area (Å²) >= 11 is 1.64. The van der Waals surface area contributed by atoms with Crippen molar-refractivity contribution in [2.24, 2.45) is 0 Å². The molecule has 0 fully saturated rings. The fourth-order valence-corrected chi connectivity index (χ4v) is 0.523. The third kappa shape index (κ3) is 2.52. The zero-order valence-corrected chi connectivity index (χ0v) is 5.64. The Morgan fingerprint density at radius 3 is 1.86 bits per heavy atom. The molecule has 0 rings (SSSR count). The lowest BCUT2D eigenvalue weighted by molar-refractivity contribution is 1.55. The van der Waals surface area contributed by atoms with Gasteiger partial charge >= 0.3 is 0 Å². The molecule has 0 aliphatic carbocycles. The molecule has 0 nitrogen and oxygen atoms in total. The zero-order chi connectivity index (χ0) is 5.86. The minimum absolute atomic E-state index is 1.06.